The number of nitrogens with two attached hydrogens (primary N) is 1. The third-order valence-electron chi connectivity index (χ3n) is 1.33. The molecule has 0 aliphatic carbocycles. The molecule has 0 unspecified atom stereocenters. The minimum atomic E-state index is 0.120. The molecule has 0 aromatic rings. The summed E-state index contributed by atoms with van der Waals surface area (Å²) >= 11 is 0. The first-order chi connectivity index (χ1) is 5.18. The molecule has 0 aromatic heterocycles. The first kappa shape index (κ1) is 10.3. The number of hydrogen-bond donors (Lipinski definition) is 2. The summed E-state index contributed by atoms with van der Waals surface area (Å²) in [5.41, 5.74) is 5.86. The predicted molar refractivity (Wildman–Crippen MR) is 46.4 cm³/mol. The lowest BCUT2D eigenvalue weighted by molar-refractivity contribution is -0.115. The van der Waals surface area contributed by atoms with Gasteiger partial charge in [-0.05, 0) is 12.5 Å². The lowest BCUT2D eigenvalue weighted by Gasteiger charge is -2.00. The second-order valence-corrected chi connectivity index (χ2v) is 2.49. The number of hydrogen-bond acceptors (Lipinski definition) is 3. The van der Waals surface area contributed by atoms with Crippen LogP contribution in [0.3, 0.4) is 0 Å². The second kappa shape index (κ2) is 6.07. The maximum absolute atomic E-state index is 10.9. The maximum atomic E-state index is 10.9. The normalized spacial score (nSPS) is 9.64. The minimum Gasteiger partial charge on any atom is -0.329 e. The number of allylic oxidation sites excluding steroid dienone is 1. The van der Waals surface area contributed by atoms with Crippen molar-refractivity contribution in [2.45, 2.75) is 13.3 Å². The third kappa shape index (κ3) is 5.76. The van der Waals surface area contributed by atoms with Crippen molar-refractivity contribution in [2.75, 3.05) is 19.6 Å². The molecule has 0 aromatic carbocycles. The lowest BCUT2D eigenvalue weighted by atomic mass is 10.2. The fourth-order valence-corrected chi connectivity index (χ4v) is 0.642. The van der Waals surface area contributed by atoms with E-state index in [1.54, 1.807) is 6.92 Å². The molecule has 0 rings (SSSR count). The van der Waals surface area contributed by atoms with Crippen LogP contribution in [0.5, 0.6) is 0 Å². The van der Waals surface area contributed by atoms with Crippen LogP contribution in [0.25, 0.3) is 0 Å². The number of rotatable bonds is 6. The molecule has 0 saturated heterocycles. The highest BCUT2D eigenvalue weighted by molar-refractivity contribution is 5.94. The van der Waals surface area contributed by atoms with Gasteiger partial charge in [-0.3, -0.25) is 4.79 Å². The molecule has 0 aliphatic rings. The van der Waals surface area contributed by atoms with Gasteiger partial charge in [0.15, 0.2) is 5.78 Å². The standard InChI is InChI=1S/C8H16N2O/c1-7(2)8(11)3-5-10-6-4-9/h10H,1,3-6,9H2,2H3. The molecule has 64 valence electrons. The summed E-state index contributed by atoms with van der Waals surface area (Å²) in [6.07, 6.45) is 0.523. The molecule has 0 aliphatic heterocycles. The van der Waals surface area contributed by atoms with Crippen LogP contribution in [0.2, 0.25) is 0 Å². The molecule has 3 N–H and O–H groups in total. The van der Waals surface area contributed by atoms with Gasteiger partial charge in [0.25, 0.3) is 0 Å². The van der Waals surface area contributed by atoms with E-state index in [2.05, 4.69) is 11.9 Å². The molecule has 0 radical (unpaired) electrons. The van der Waals surface area contributed by atoms with Crippen LogP contribution in [0.1, 0.15) is 13.3 Å². The van der Waals surface area contributed by atoms with E-state index in [0.717, 1.165) is 6.54 Å². The Hall–Kier alpha value is -0.670. The Morgan fingerprint density at radius 2 is 2.18 bits per heavy atom. The van der Waals surface area contributed by atoms with Crippen molar-refractivity contribution in [3.63, 3.8) is 0 Å². The number of nitrogens with one attached hydrogen (secondary N) is 1. The van der Waals surface area contributed by atoms with E-state index in [-0.39, 0.29) is 5.78 Å². The number of Topliss-reactive ketones (excluding diaryl/α,β-unsaturated/α-hetero) is 1. The number of carbonyl (C=O) groups excluding carboxylic acids is 1. The molecule has 0 amide bonds. The largest absolute Gasteiger partial charge is 0.329 e. The van der Waals surface area contributed by atoms with Crippen LogP contribution < -0.4 is 11.1 Å². The van der Waals surface area contributed by atoms with Crippen LogP contribution in [-0.4, -0.2) is 25.4 Å². The van der Waals surface area contributed by atoms with Crippen LogP contribution >= 0.6 is 0 Å². The highest BCUT2D eigenvalue weighted by atomic mass is 16.1. The Balaban J connectivity index is 3.25. The summed E-state index contributed by atoms with van der Waals surface area (Å²) in [6, 6.07) is 0. The zero-order valence-corrected chi connectivity index (χ0v) is 7.02. The lowest BCUT2D eigenvalue weighted by Crippen LogP contribution is -2.24. The van der Waals surface area contributed by atoms with Gasteiger partial charge in [-0.1, -0.05) is 6.58 Å². The van der Waals surface area contributed by atoms with Crippen LogP contribution in [0, 0.1) is 0 Å². The van der Waals surface area contributed by atoms with Gasteiger partial charge in [-0.15, -0.1) is 0 Å². The van der Waals surface area contributed by atoms with Gasteiger partial charge in [0, 0.05) is 26.1 Å². The second-order valence-electron chi connectivity index (χ2n) is 2.49. The highest BCUT2D eigenvalue weighted by Gasteiger charge is 1.99. The van der Waals surface area contributed by atoms with E-state index in [9.17, 15) is 4.79 Å². The van der Waals surface area contributed by atoms with Gasteiger partial charge in [0.1, 0.15) is 0 Å². The van der Waals surface area contributed by atoms with Crippen LogP contribution in [-0.2, 0) is 4.79 Å². The van der Waals surface area contributed by atoms with Gasteiger partial charge in [-0.2, -0.15) is 0 Å². The van der Waals surface area contributed by atoms with Crippen LogP contribution in [0.15, 0.2) is 12.2 Å². The molecule has 0 spiro atoms. The zero-order chi connectivity index (χ0) is 8.69. The van der Waals surface area contributed by atoms with E-state index in [1.807, 2.05) is 0 Å². The third-order valence-corrected chi connectivity index (χ3v) is 1.33. The Labute approximate surface area is 67.7 Å². The van der Waals surface area contributed by atoms with Crippen molar-refractivity contribution < 1.29 is 4.79 Å². The molecule has 3 heteroatoms. The SMILES string of the molecule is C=C(C)C(=O)CCNCCN. The molecular weight excluding hydrogens is 140 g/mol. The summed E-state index contributed by atoms with van der Waals surface area (Å²) in [7, 11) is 0. The minimum absolute atomic E-state index is 0.120. The van der Waals surface area contributed by atoms with E-state index < -0.39 is 0 Å². The van der Waals surface area contributed by atoms with Gasteiger partial charge in [0.05, 0.1) is 0 Å². The average Bonchev–Trinajstić information content (AvgIpc) is 1.97. The van der Waals surface area contributed by atoms with Gasteiger partial charge in [-0.25, -0.2) is 0 Å². The van der Waals surface area contributed by atoms with Crippen molar-refractivity contribution in [1.29, 1.82) is 0 Å². The van der Waals surface area contributed by atoms with Crippen molar-refractivity contribution in [1.82, 2.24) is 5.32 Å². The zero-order valence-electron chi connectivity index (χ0n) is 7.02. The van der Waals surface area contributed by atoms with E-state index in [4.69, 9.17) is 5.73 Å². The Morgan fingerprint density at radius 1 is 1.55 bits per heavy atom. The Bertz CT molecular complexity index is 143. The molecule has 3 nitrogen and oxygen atoms in total. The van der Waals surface area contributed by atoms with Gasteiger partial charge >= 0.3 is 0 Å². The first-order valence-electron chi connectivity index (χ1n) is 3.78. The summed E-state index contributed by atoms with van der Waals surface area (Å²) in [5, 5.41) is 3.03. The average molecular weight is 156 g/mol. The van der Waals surface area contributed by atoms with Crippen molar-refractivity contribution in [2.24, 2.45) is 5.73 Å². The van der Waals surface area contributed by atoms with E-state index in [1.165, 1.54) is 0 Å². The molecule has 0 atom stereocenters. The summed E-state index contributed by atoms with van der Waals surface area (Å²) in [6.45, 7) is 7.36. The molecule has 0 heterocycles. The number of ketones is 1. The Morgan fingerprint density at radius 3 is 2.64 bits per heavy atom. The quantitative estimate of drug-likeness (QED) is 0.422. The van der Waals surface area contributed by atoms with Crippen molar-refractivity contribution in [3.8, 4) is 0 Å². The molecule has 0 bridgehead atoms. The predicted octanol–water partition coefficient (Wildman–Crippen LogP) is 0.0700. The highest BCUT2D eigenvalue weighted by Crippen LogP contribution is 1.92. The maximum Gasteiger partial charge on any atom is 0.159 e. The first-order valence-corrected chi connectivity index (χ1v) is 3.78. The van der Waals surface area contributed by atoms with Crippen molar-refractivity contribution in [3.05, 3.63) is 12.2 Å². The molecule has 11 heavy (non-hydrogen) atoms. The van der Waals surface area contributed by atoms with Gasteiger partial charge < -0.3 is 11.1 Å². The summed E-state index contributed by atoms with van der Waals surface area (Å²) in [5.74, 6) is 0.120. The fourth-order valence-electron chi connectivity index (χ4n) is 0.642. The topological polar surface area (TPSA) is 55.1 Å². The monoisotopic (exact) mass is 156 g/mol. The summed E-state index contributed by atoms with van der Waals surface area (Å²) in [4.78, 5) is 10.9. The number of carbonyl (C=O) groups is 1. The Kier molecular flexibility index (Phi) is 5.70. The fraction of sp³-hybridized carbons (Fsp3) is 0.625. The van der Waals surface area contributed by atoms with Gasteiger partial charge in [0.2, 0.25) is 0 Å². The molecule has 0 fully saturated rings. The molecular formula is C8H16N2O. The van der Waals surface area contributed by atoms with Crippen LogP contribution in [0.4, 0.5) is 0 Å². The molecule has 0 saturated carbocycles. The summed E-state index contributed by atoms with van der Waals surface area (Å²) < 4.78 is 0. The van der Waals surface area contributed by atoms with Crippen molar-refractivity contribution >= 4 is 5.78 Å². The van der Waals surface area contributed by atoms with E-state index >= 15 is 0 Å². The van der Waals surface area contributed by atoms with E-state index in [0.29, 0.717) is 25.1 Å². The smallest absolute Gasteiger partial charge is 0.159 e.